The van der Waals surface area contributed by atoms with Crippen molar-refractivity contribution in [3.8, 4) is 23.0 Å². The van der Waals surface area contributed by atoms with Crippen LogP contribution in [0.15, 0.2) is 36.4 Å². The summed E-state index contributed by atoms with van der Waals surface area (Å²) in [6, 6.07) is 7.25. The van der Waals surface area contributed by atoms with Gasteiger partial charge in [-0.25, -0.2) is 9.59 Å². The zero-order chi connectivity index (χ0) is 25.3. The highest BCUT2D eigenvalue weighted by atomic mass is 19.3. The summed E-state index contributed by atoms with van der Waals surface area (Å²) < 4.78 is 70.8. The molecule has 34 heavy (non-hydrogen) atoms. The second-order valence-corrected chi connectivity index (χ2v) is 6.84. The van der Waals surface area contributed by atoms with E-state index in [0.29, 0.717) is 12.5 Å². The zero-order valence-electron chi connectivity index (χ0n) is 18.1. The normalized spacial score (nSPS) is 12.5. The summed E-state index contributed by atoms with van der Waals surface area (Å²) in [4.78, 5) is 22.4. The molecule has 1 N–H and O–H groups in total. The summed E-state index contributed by atoms with van der Waals surface area (Å²) >= 11 is 0. The van der Waals surface area contributed by atoms with Crippen LogP contribution in [0.2, 0.25) is 0 Å². The molecule has 2 aromatic rings. The number of phenolic OH excluding ortho intramolecular Hbond substituents is 1. The summed E-state index contributed by atoms with van der Waals surface area (Å²) in [5.74, 6) is -1.65. The fourth-order valence-corrected chi connectivity index (χ4v) is 2.51. The maximum absolute atomic E-state index is 12.3. The molecule has 0 saturated heterocycles. The molecule has 8 nitrogen and oxygen atoms in total. The summed E-state index contributed by atoms with van der Waals surface area (Å²) in [6.07, 6.45) is 2.14. The molecule has 0 radical (unpaired) electrons. The topological polar surface area (TPSA) is 101 Å². The summed E-state index contributed by atoms with van der Waals surface area (Å²) in [7, 11) is 2.42. The number of hydrogen-bond acceptors (Lipinski definition) is 8. The van der Waals surface area contributed by atoms with E-state index >= 15 is 0 Å². The van der Waals surface area contributed by atoms with Crippen LogP contribution in [0.4, 0.5) is 17.6 Å². The Balaban J connectivity index is 0.000000248. The third-order valence-electron chi connectivity index (χ3n) is 4.35. The second-order valence-electron chi connectivity index (χ2n) is 6.84. The van der Waals surface area contributed by atoms with Crippen molar-refractivity contribution in [2.75, 3.05) is 20.8 Å². The van der Waals surface area contributed by atoms with Crippen LogP contribution in [-0.2, 0) is 9.47 Å². The van der Waals surface area contributed by atoms with Gasteiger partial charge in [0.2, 0.25) is 0 Å². The Morgan fingerprint density at radius 1 is 0.853 bits per heavy atom. The van der Waals surface area contributed by atoms with Gasteiger partial charge in [0, 0.05) is 0 Å². The fourth-order valence-electron chi connectivity index (χ4n) is 2.51. The van der Waals surface area contributed by atoms with E-state index in [1.807, 2.05) is 0 Å². The van der Waals surface area contributed by atoms with E-state index in [1.54, 1.807) is 0 Å². The molecule has 1 aliphatic rings. The van der Waals surface area contributed by atoms with Crippen LogP contribution in [0.5, 0.6) is 23.0 Å². The molecule has 12 heteroatoms. The van der Waals surface area contributed by atoms with Crippen molar-refractivity contribution in [3.63, 3.8) is 0 Å². The van der Waals surface area contributed by atoms with Crippen molar-refractivity contribution >= 4 is 11.9 Å². The minimum absolute atomic E-state index is 0.0524. The Morgan fingerprint density at radius 3 is 1.82 bits per heavy atom. The fraction of sp³-hybridized carbons (Fsp3) is 0.364. The van der Waals surface area contributed by atoms with Gasteiger partial charge in [0.25, 0.3) is 0 Å². The smallest absolute Gasteiger partial charge is 0.387 e. The van der Waals surface area contributed by atoms with E-state index in [2.05, 4.69) is 18.9 Å². The first-order valence-corrected chi connectivity index (χ1v) is 9.80. The van der Waals surface area contributed by atoms with Gasteiger partial charge in [0.05, 0.1) is 32.0 Å². The van der Waals surface area contributed by atoms with Crippen LogP contribution < -0.4 is 14.2 Å². The van der Waals surface area contributed by atoms with Gasteiger partial charge >= 0.3 is 25.2 Å². The number of alkyl halides is 4. The molecule has 0 bridgehead atoms. The lowest BCUT2D eigenvalue weighted by Gasteiger charge is -2.13. The van der Waals surface area contributed by atoms with Gasteiger partial charge in [0.15, 0.2) is 23.0 Å². The predicted molar refractivity (Wildman–Crippen MR) is 109 cm³/mol. The molecule has 0 aliphatic heterocycles. The molecule has 1 fully saturated rings. The summed E-state index contributed by atoms with van der Waals surface area (Å²) in [6.45, 7) is -5.53. The Labute approximate surface area is 191 Å². The lowest BCUT2D eigenvalue weighted by atomic mass is 10.2. The molecule has 1 saturated carbocycles. The third-order valence-corrected chi connectivity index (χ3v) is 4.35. The molecule has 0 heterocycles. The average Bonchev–Trinajstić information content (AvgIpc) is 3.63. The number of esters is 2. The number of benzene rings is 2. The molecule has 1 aliphatic carbocycles. The first-order chi connectivity index (χ1) is 16.1. The lowest BCUT2D eigenvalue weighted by molar-refractivity contribution is -0.0520. The molecule has 0 atom stereocenters. The first kappa shape index (κ1) is 26.6. The van der Waals surface area contributed by atoms with Crippen LogP contribution in [-0.4, -0.2) is 51.1 Å². The second kappa shape index (κ2) is 12.5. The number of methoxy groups -OCH3 is 2. The Bertz CT molecular complexity index is 979. The quantitative estimate of drug-likeness (QED) is 0.401. The number of phenols is 1. The van der Waals surface area contributed by atoms with Gasteiger partial charge in [0.1, 0.15) is 0 Å². The number of carbonyl (C=O) groups is 2. The van der Waals surface area contributed by atoms with Crippen molar-refractivity contribution in [2.45, 2.75) is 26.1 Å². The lowest BCUT2D eigenvalue weighted by Crippen LogP contribution is -2.08. The number of ether oxygens (including phenoxy) is 5. The van der Waals surface area contributed by atoms with E-state index in [0.717, 1.165) is 25.0 Å². The monoisotopic (exact) mass is 490 g/mol. The van der Waals surface area contributed by atoms with E-state index in [-0.39, 0.29) is 22.6 Å². The van der Waals surface area contributed by atoms with Crippen LogP contribution in [0.1, 0.15) is 33.6 Å². The molecule has 0 aromatic heterocycles. The SMILES string of the molecule is COC(=O)c1ccc(OC(F)F)c(O)c1.COC(=O)c1ccc(OC(F)F)c(OCC2CC2)c1. The Hall–Kier alpha value is -3.70. The number of carbonyl (C=O) groups excluding carboxylic acids is 2. The average molecular weight is 490 g/mol. The summed E-state index contributed by atoms with van der Waals surface area (Å²) in [5, 5.41) is 9.22. The Morgan fingerprint density at radius 2 is 1.35 bits per heavy atom. The Kier molecular flexibility index (Phi) is 9.77. The van der Waals surface area contributed by atoms with Crippen molar-refractivity contribution in [1.29, 1.82) is 0 Å². The minimum Gasteiger partial charge on any atom is -0.504 e. The number of hydrogen-bond donors (Lipinski definition) is 1. The van der Waals surface area contributed by atoms with Gasteiger partial charge in [-0.1, -0.05) is 0 Å². The van der Waals surface area contributed by atoms with Crippen LogP contribution in [0, 0.1) is 5.92 Å². The minimum atomic E-state index is -3.03. The largest absolute Gasteiger partial charge is 0.504 e. The molecular weight excluding hydrogens is 468 g/mol. The molecule has 186 valence electrons. The van der Waals surface area contributed by atoms with Crippen molar-refractivity contribution < 1.29 is 55.9 Å². The van der Waals surface area contributed by atoms with Crippen molar-refractivity contribution in [3.05, 3.63) is 47.5 Å². The van der Waals surface area contributed by atoms with Crippen molar-refractivity contribution in [2.24, 2.45) is 5.92 Å². The first-order valence-electron chi connectivity index (χ1n) is 9.80. The van der Waals surface area contributed by atoms with E-state index in [4.69, 9.17) is 4.74 Å². The molecule has 0 unspecified atom stereocenters. The molecule has 0 amide bonds. The number of halogens is 4. The van der Waals surface area contributed by atoms with Gasteiger partial charge in [-0.3, -0.25) is 0 Å². The molecule has 3 rings (SSSR count). The summed E-state index contributed by atoms with van der Waals surface area (Å²) in [5.41, 5.74) is 0.284. The van der Waals surface area contributed by atoms with Crippen LogP contribution >= 0.6 is 0 Å². The van der Waals surface area contributed by atoms with Gasteiger partial charge in [-0.2, -0.15) is 17.6 Å². The maximum atomic E-state index is 12.3. The highest BCUT2D eigenvalue weighted by Gasteiger charge is 2.23. The third kappa shape index (κ3) is 8.34. The molecule has 0 spiro atoms. The number of rotatable bonds is 9. The van der Waals surface area contributed by atoms with Crippen LogP contribution in [0.25, 0.3) is 0 Å². The van der Waals surface area contributed by atoms with E-state index in [9.17, 15) is 32.3 Å². The van der Waals surface area contributed by atoms with Gasteiger partial charge in [-0.15, -0.1) is 0 Å². The van der Waals surface area contributed by atoms with Gasteiger partial charge in [-0.05, 0) is 55.2 Å². The molecular formula is C22H22F4O8. The van der Waals surface area contributed by atoms with E-state index in [1.165, 1.54) is 38.5 Å². The maximum Gasteiger partial charge on any atom is 0.387 e. The number of aromatic hydroxyl groups is 1. The zero-order valence-corrected chi connectivity index (χ0v) is 18.1. The highest BCUT2D eigenvalue weighted by molar-refractivity contribution is 5.90. The highest BCUT2D eigenvalue weighted by Crippen LogP contribution is 2.34. The van der Waals surface area contributed by atoms with Gasteiger partial charge < -0.3 is 28.8 Å². The van der Waals surface area contributed by atoms with E-state index < -0.39 is 36.7 Å². The standard InChI is InChI=1S/C13H14F2O4.C9H8F2O4/c1-17-12(16)9-4-5-10(19-13(14)15)11(6-9)18-7-8-2-3-8;1-14-8(13)5-2-3-7(6(12)4-5)15-9(10)11/h4-6,8,13H,2-3,7H2,1H3;2-4,9,12H,1H3. The molecule has 2 aromatic carbocycles. The predicted octanol–water partition coefficient (Wildman–Crippen LogP) is 4.64. The van der Waals surface area contributed by atoms with Crippen LogP contribution in [0.3, 0.4) is 0 Å². The van der Waals surface area contributed by atoms with Crippen molar-refractivity contribution in [1.82, 2.24) is 0 Å².